The molecule has 0 atom stereocenters. The van der Waals surface area contributed by atoms with Gasteiger partial charge in [0, 0.05) is 32.4 Å². The number of aliphatic imine (C=N–C) groups is 1. The van der Waals surface area contributed by atoms with Crippen LogP contribution in [0.2, 0.25) is 0 Å². The van der Waals surface area contributed by atoms with E-state index in [4.69, 9.17) is 9.47 Å². The zero-order valence-electron chi connectivity index (χ0n) is 19.3. The minimum Gasteiger partial charge on any atom is -0.493 e. The lowest BCUT2D eigenvalue weighted by atomic mass is 10.1. The van der Waals surface area contributed by atoms with Gasteiger partial charge in [-0.1, -0.05) is 12.1 Å². The van der Waals surface area contributed by atoms with Crippen molar-refractivity contribution in [2.75, 3.05) is 45.3 Å². The first-order valence-electron chi connectivity index (χ1n) is 10.6. The van der Waals surface area contributed by atoms with Gasteiger partial charge in [0.25, 0.3) is 0 Å². The highest BCUT2D eigenvalue weighted by Gasteiger charge is 2.06. The van der Waals surface area contributed by atoms with Gasteiger partial charge in [-0.05, 0) is 56.5 Å². The molecule has 31 heavy (non-hydrogen) atoms. The highest BCUT2D eigenvalue weighted by molar-refractivity contribution is 14.0. The topological polar surface area (TPSA) is 71.0 Å². The van der Waals surface area contributed by atoms with Crippen molar-refractivity contribution in [3.05, 3.63) is 47.7 Å². The van der Waals surface area contributed by atoms with Gasteiger partial charge in [0.1, 0.15) is 5.82 Å². The van der Waals surface area contributed by atoms with Gasteiger partial charge in [0.05, 0.1) is 20.8 Å². The molecule has 0 saturated heterocycles. The molecule has 0 aliphatic heterocycles. The Bertz CT molecular complexity index is 795. The number of hydrogen-bond acceptors (Lipinski definition) is 5. The van der Waals surface area contributed by atoms with Crippen LogP contribution in [0, 0.1) is 0 Å². The summed E-state index contributed by atoms with van der Waals surface area (Å²) in [4.78, 5) is 11.5. The van der Waals surface area contributed by atoms with E-state index in [0.29, 0.717) is 6.54 Å². The summed E-state index contributed by atoms with van der Waals surface area (Å²) in [6, 6.07) is 10.2. The highest BCUT2D eigenvalue weighted by atomic mass is 127. The van der Waals surface area contributed by atoms with Gasteiger partial charge in [-0.2, -0.15) is 0 Å². The zero-order valence-corrected chi connectivity index (χ0v) is 21.6. The molecular formula is C23H36IN5O2. The molecule has 1 heterocycles. The lowest BCUT2D eigenvalue weighted by molar-refractivity contribution is 0.354. The number of rotatable bonds is 11. The maximum absolute atomic E-state index is 5.38. The van der Waals surface area contributed by atoms with Gasteiger partial charge in [-0.3, -0.25) is 0 Å². The Balaban J connectivity index is 0.00000480. The van der Waals surface area contributed by atoms with Crippen molar-refractivity contribution in [1.82, 2.24) is 15.6 Å². The lowest BCUT2D eigenvalue weighted by Gasteiger charge is -2.19. The second-order valence-electron chi connectivity index (χ2n) is 6.76. The molecule has 0 bridgehead atoms. The lowest BCUT2D eigenvalue weighted by Crippen LogP contribution is -2.38. The van der Waals surface area contributed by atoms with Crippen molar-refractivity contribution in [3.63, 3.8) is 0 Å². The molecule has 0 amide bonds. The first-order chi connectivity index (χ1) is 14.6. The fourth-order valence-electron chi connectivity index (χ4n) is 3.12. The van der Waals surface area contributed by atoms with E-state index in [1.165, 1.54) is 5.56 Å². The van der Waals surface area contributed by atoms with Gasteiger partial charge in [0.2, 0.25) is 0 Å². The van der Waals surface area contributed by atoms with Crippen LogP contribution in [0.4, 0.5) is 5.82 Å². The van der Waals surface area contributed by atoms with E-state index in [1.54, 1.807) is 14.2 Å². The van der Waals surface area contributed by atoms with Crippen molar-refractivity contribution in [2.24, 2.45) is 4.99 Å². The number of anilines is 1. The number of pyridine rings is 1. The Hall–Kier alpha value is -2.23. The van der Waals surface area contributed by atoms with Crippen LogP contribution in [-0.2, 0) is 13.0 Å². The number of hydrogen-bond donors (Lipinski definition) is 2. The Kier molecular flexibility index (Phi) is 12.7. The van der Waals surface area contributed by atoms with Crippen molar-refractivity contribution >= 4 is 35.8 Å². The summed E-state index contributed by atoms with van der Waals surface area (Å²) in [6.45, 7) is 10.4. The number of halogens is 1. The predicted octanol–water partition coefficient (Wildman–Crippen LogP) is 3.86. The van der Waals surface area contributed by atoms with Gasteiger partial charge in [-0.25, -0.2) is 9.98 Å². The monoisotopic (exact) mass is 541 g/mol. The molecular weight excluding hydrogens is 505 g/mol. The van der Waals surface area contributed by atoms with Gasteiger partial charge >= 0.3 is 0 Å². The Morgan fingerprint density at radius 1 is 0.968 bits per heavy atom. The Labute approximate surface area is 203 Å². The van der Waals surface area contributed by atoms with Crippen LogP contribution < -0.4 is 25.0 Å². The largest absolute Gasteiger partial charge is 0.493 e. The SMILES string of the molecule is CCNC(=NCc1ccc(N(CC)CC)nc1)NCCc1ccc(OC)c(OC)c1.I. The van der Waals surface area contributed by atoms with Crippen LogP contribution in [0.5, 0.6) is 11.5 Å². The van der Waals surface area contributed by atoms with Crippen molar-refractivity contribution in [3.8, 4) is 11.5 Å². The van der Waals surface area contributed by atoms with Crippen LogP contribution in [0.1, 0.15) is 31.9 Å². The molecule has 2 rings (SSSR count). The second kappa shape index (κ2) is 14.7. The highest BCUT2D eigenvalue weighted by Crippen LogP contribution is 2.27. The van der Waals surface area contributed by atoms with E-state index in [0.717, 1.165) is 61.4 Å². The summed E-state index contributed by atoms with van der Waals surface area (Å²) in [6.07, 6.45) is 2.76. The van der Waals surface area contributed by atoms with E-state index in [2.05, 4.69) is 64.5 Å². The zero-order chi connectivity index (χ0) is 21.8. The summed E-state index contributed by atoms with van der Waals surface area (Å²) >= 11 is 0. The fourth-order valence-corrected chi connectivity index (χ4v) is 3.12. The Morgan fingerprint density at radius 3 is 2.26 bits per heavy atom. The second-order valence-corrected chi connectivity index (χ2v) is 6.76. The van der Waals surface area contributed by atoms with Crippen molar-refractivity contribution in [2.45, 2.75) is 33.7 Å². The molecule has 0 saturated carbocycles. The number of methoxy groups -OCH3 is 2. The summed E-state index contributed by atoms with van der Waals surface area (Å²) in [5.74, 6) is 3.29. The number of ether oxygens (including phenoxy) is 2. The number of guanidine groups is 1. The average molecular weight is 541 g/mol. The minimum atomic E-state index is 0. The molecule has 0 fully saturated rings. The predicted molar refractivity (Wildman–Crippen MR) is 139 cm³/mol. The summed E-state index contributed by atoms with van der Waals surface area (Å²) in [5, 5.41) is 6.68. The summed E-state index contributed by atoms with van der Waals surface area (Å²) in [7, 11) is 3.30. The maximum atomic E-state index is 5.38. The molecule has 0 aliphatic carbocycles. The number of nitrogens with one attached hydrogen (secondary N) is 2. The van der Waals surface area contributed by atoms with Crippen LogP contribution in [0.3, 0.4) is 0 Å². The molecule has 0 unspecified atom stereocenters. The van der Waals surface area contributed by atoms with Gasteiger partial charge in [-0.15, -0.1) is 24.0 Å². The molecule has 2 aromatic rings. The molecule has 0 radical (unpaired) electrons. The van der Waals surface area contributed by atoms with Crippen LogP contribution >= 0.6 is 24.0 Å². The molecule has 172 valence electrons. The van der Waals surface area contributed by atoms with Gasteiger partial charge < -0.3 is 25.0 Å². The molecule has 1 aromatic carbocycles. The van der Waals surface area contributed by atoms with E-state index < -0.39 is 0 Å². The average Bonchev–Trinajstić information content (AvgIpc) is 2.79. The first kappa shape index (κ1) is 26.8. The van der Waals surface area contributed by atoms with E-state index >= 15 is 0 Å². The van der Waals surface area contributed by atoms with E-state index in [-0.39, 0.29) is 24.0 Å². The molecule has 7 nitrogen and oxygen atoms in total. The van der Waals surface area contributed by atoms with Crippen LogP contribution in [-0.4, -0.2) is 51.3 Å². The smallest absolute Gasteiger partial charge is 0.191 e. The fraction of sp³-hybridized carbons (Fsp3) is 0.478. The third-order valence-electron chi connectivity index (χ3n) is 4.81. The van der Waals surface area contributed by atoms with E-state index in [9.17, 15) is 0 Å². The van der Waals surface area contributed by atoms with Crippen LogP contribution in [0.25, 0.3) is 0 Å². The third-order valence-corrected chi connectivity index (χ3v) is 4.81. The molecule has 1 aromatic heterocycles. The molecule has 0 spiro atoms. The quantitative estimate of drug-likeness (QED) is 0.256. The molecule has 8 heteroatoms. The maximum Gasteiger partial charge on any atom is 0.191 e. The molecule has 0 aliphatic rings. The normalized spacial score (nSPS) is 10.8. The van der Waals surface area contributed by atoms with Crippen molar-refractivity contribution < 1.29 is 9.47 Å². The van der Waals surface area contributed by atoms with Crippen LogP contribution in [0.15, 0.2) is 41.5 Å². The first-order valence-corrected chi connectivity index (χ1v) is 10.6. The number of benzene rings is 1. The number of aromatic nitrogens is 1. The summed E-state index contributed by atoms with van der Waals surface area (Å²) in [5.41, 5.74) is 2.26. The van der Waals surface area contributed by atoms with E-state index in [1.807, 2.05) is 18.3 Å². The van der Waals surface area contributed by atoms with Crippen molar-refractivity contribution in [1.29, 1.82) is 0 Å². The standard InChI is InChI=1S/C23H35N5O2.HI/c1-6-24-23(25-14-13-18-9-11-20(29-4)21(15-18)30-5)27-17-19-10-12-22(26-16-19)28(7-2)8-3;/h9-12,15-16H,6-8,13-14,17H2,1-5H3,(H2,24,25,27);1H. The summed E-state index contributed by atoms with van der Waals surface area (Å²) < 4.78 is 10.7. The van der Waals surface area contributed by atoms with Gasteiger partial charge in [0.15, 0.2) is 17.5 Å². The minimum absolute atomic E-state index is 0. The third kappa shape index (κ3) is 8.43. The Morgan fingerprint density at radius 2 is 1.68 bits per heavy atom. The number of nitrogens with zero attached hydrogens (tertiary/aromatic N) is 3. The molecule has 2 N–H and O–H groups in total.